The lowest BCUT2D eigenvalue weighted by molar-refractivity contribution is 0.419. The minimum absolute atomic E-state index is 0.430. The van der Waals surface area contributed by atoms with Gasteiger partial charge in [0.15, 0.2) is 11.6 Å². The molecule has 0 bridgehead atoms. The third-order valence-corrected chi connectivity index (χ3v) is 4.17. The van der Waals surface area contributed by atoms with Crippen LogP contribution in [0.25, 0.3) is 0 Å². The van der Waals surface area contributed by atoms with E-state index < -0.39 is 17.7 Å². The predicted octanol–water partition coefficient (Wildman–Crippen LogP) is 4.28. The molecule has 1 fully saturated rings. The summed E-state index contributed by atoms with van der Waals surface area (Å²) in [5.74, 6) is -1.02. The molecule has 3 heteroatoms. The molecule has 0 aromatic heterocycles. The summed E-state index contributed by atoms with van der Waals surface area (Å²) in [6, 6.07) is 11.5. The Kier molecular flexibility index (Phi) is 3.53. The first-order valence-corrected chi connectivity index (χ1v) is 6.95. The van der Waals surface area contributed by atoms with Crippen molar-refractivity contribution in [1.29, 1.82) is 0 Å². The van der Waals surface area contributed by atoms with Crippen molar-refractivity contribution < 1.29 is 8.78 Å². The van der Waals surface area contributed by atoms with Crippen LogP contribution in [-0.4, -0.2) is 0 Å². The number of benzene rings is 2. The Bertz CT molecular complexity index is 603. The maximum atomic E-state index is 13.2. The molecule has 0 saturated heterocycles. The normalized spacial score (nSPS) is 16.8. The Hall–Kier alpha value is -1.74. The van der Waals surface area contributed by atoms with Gasteiger partial charge in [0.05, 0.1) is 6.04 Å². The van der Waals surface area contributed by atoms with Gasteiger partial charge in [0, 0.05) is 0 Å². The lowest BCUT2D eigenvalue weighted by atomic mass is 9.79. The zero-order valence-electron chi connectivity index (χ0n) is 11.2. The predicted molar refractivity (Wildman–Crippen MR) is 75.4 cm³/mol. The van der Waals surface area contributed by atoms with E-state index in [2.05, 4.69) is 12.1 Å². The lowest BCUT2D eigenvalue weighted by Gasteiger charge is -2.26. The van der Waals surface area contributed by atoms with Gasteiger partial charge in [0.1, 0.15) is 0 Å². The molecule has 0 aliphatic heterocycles. The highest BCUT2D eigenvalue weighted by Gasteiger charge is 2.19. The number of hydrogen-bond donors (Lipinski definition) is 1. The Labute approximate surface area is 117 Å². The molecule has 1 aliphatic rings. The molecule has 0 spiro atoms. The maximum Gasteiger partial charge on any atom is 0.159 e. The maximum absolute atomic E-state index is 13.2. The Morgan fingerprint density at radius 1 is 0.900 bits per heavy atom. The fraction of sp³-hybridized carbons (Fsp3) is 0.294. The second kappa shape index (κ2) is 5.33. The van der Waals surface area contributed by atoms with Gasteiger partial charge in [-0.2, -0.15) is 0 Å². The second-order valence-electron chi connectivity index (χ2n) is 5.45. The number of halogens is 2. The molecule has 20 heavy (non-hydrogen) atoms. The van der Waals surface area contributed by atoms with Crippen molar-refractivity contribution in [1.82, 2.24) is 0 Å². The van der Waals surface area contributed by atoms with Crippen LogP contribution in [0.4, 0.5) is 8.78 Å². The van der Waals surface area contributed by atoms with Gasteiger partial charge in [0.25, 0.3) is 0 Å². The van der Waals surface area contributed by atoms with Crippen LogP contribution in [0.2, 0.25) is 0 Å². The Balaban J connectivity index is 1.82. The van der Waals surface area contributed by atoms with Gasteiger partial charge >= 0.3 is 0 Å². The smallest absolute Gasteiger partial charge is 0.159 e. The van der Waals surface area contributed by atoms with Gasteiger partial charge < -0.3 is 5.73 Å². The van der Waals surface area contributed by atoms with E-state index in [-0.39, 0.29) is 0 Å². The molecule has 1 atom stereocenters. The zero-order valence-corrected chi connectivity index (χ0v) is 11.2. The van der Waals surface area contributed by atoms with Crippen LogP contribution in [-0.2, 0) is 0 Å². The molecule has 0 heterocycles. The molecule has 1 nitrogen and oxygen atoms in total. The first-order chi connectivity index (χ1) is 9.65. The molecule has 1 unspecified atom stereocenters. The van der Waals surface area contributed by atoms with Crippen LogP contribution in [0.3, 0.4) is 0 Å². The molecule has 2 aromatic carbocycles. The Morgan fingerprint density at radius 3 is 2.10 bits per heavy atom. The molecule has 104 valence electrons. The molecule has 1 saturated carbocycles. The largest absolute Gasteiger partial charge is 0.320 e. The average molecular weight is 273 g/mol. The van der Waals surface area contributed by atoms with Gasteiger partial charge in [-0.15, -0.1) is 0 Å². The quantitative estimate of drug-likeness (QED) is 0.887. The third-order valence-electron chi connectivity index (χ3n) is 4.17. The van der Waals surface area contributed by atoms with E-state index in [1.54, 1.807) is 0 Å². The van der Waals surface area contributed by atoms with Gasteiger partial charge in [0.2, 0.25) is 0 Å². The minimum atomic E-state index is -0.857. The number of nitrogens with two attached hydrogens (primary N) is 1. The topological polar surface area (TPSA) is 26.0 Å². The molecule has 0 radical (unpaired) electrons. The average Bonchev–Trinajstić information content (AvgIpc) is 2.40. The molecule has 0 amide bonds. The van der Waals surface area contributed by atoms with E-state index in [9.17, 15) is 8.78 Å². The van der Waals surface area contributed by atoms with Crippen LogP contribution >= 0.6 is 0 Å². The van der Waals surface area contributed by atoms with Crippen molar-refractivity contribution in [2.45, 2.75) is 31.2 Å². The van der Waals surface area contributed by atoms with Gasteiger partial charge in [-0.3, -0.25) is 0 Å². The summed E-state index contributed by atoms with van der Waals surface area (Å²) in [6.45, 7) is 0. The molecule has 3 rings (SSSR count). The van der Waals surface area contributed by atoms with Crippen molar-refractivity contribution in [2.75, 3.05) is 0 Å². The first kappa shape index (κ1) is 13.3. The summed E-state index contributed by atoms with van der Waals surface area (Å²) in [4.78, 5) is 0. The summed E-state index contributed by atoms with van der Waals surface area (Å²) >= 11 is 0. The van der Waals surface area contributed by atoms with Gasteiger partial charge in [-0.1, -0.05) is 36.8 Å². The summed E-state index contributed by atoms with van der Waals surface area (Å²) in [5.41, 5.74) is 8.96. The van der Waals surface area contributed by atoms with Crippen molar-refractivity contribution in [3.8, 4) is 0 Å². The third kappa shape index (κ3) is 2.46. The Morgan fingerprint density at radius 2 is 1.55 bits per heavy atom. The summed E-state index contributed by atoms with van der Waals surface area (Å²) in [6.07, 6.45) is 3.82. The molecule has 1 aliphatic carbocycles. The van der Waals surface area contributed by atoms with Crippen molar-refractivity contribution in [3.63, 3.8) is 0 Å². The fourth-order valence-corrected chi connectivity index (χ4v) is 2.62. The molecule has 2 aromatic rings. The van der Waals surface area contributed by atoms with Gasteiger partial charge in [-0.25, -0.2) is 8.78 Å². The van der Waals surface area contributed by atoms with Crippen LogP contribution in [0.5, 0.6) is 0 Å². The van der Waals surface area contributed by atoms with E-state index in [1.165, 1.54) is 37.0 Å². The molecule has 2 N–H and O–H groups in total. The molecular formula is C17H17F2N. The standard InChI is InChI=1S/C17H17F2N/c18-15-9-8-14(10-16(15)19)17(20)13-6-4-12(5-7-13)11-2-1-3-11/h4-11,17H,1-3,20H2. The highest BCUT2D eigenvalue weighted by Crippen LogP contribution is 2.36. The van der Waals surface area contributed by atoms with E-state index in [4.69, 9.17) is 5.73 Å². The monoisotopic (exact) mass is 273 g/mol. The lowest BCUT2D eigenvalue weighted by Crippen LogP contribution is -2.13. The van der Waals surface area contributed by atoms with Crippen molar-refractivity contribution in [3.05, 3.63) is 70.8 Å². The highest BCUT2D eigenvalue weighted by molar-refractivity contribution is 5.34. The highest BCUT2D eigenvalue weighted by atomic mass is 19.2. The SMILES string of the molecule is NC(c1ccc(C2CCC2)cc1)c1ccc(F)c(F)c1. The summed E-state index contributed by atoms with van der Waals surface area (Å²) < 4.78 is 26.2. The summed E-state index contributed by atoms with van der Waals surface area (Å²) in [7, 11) is 0. The van der Waals surface area contributed by atoms with E-state index in [0.29, 0.717) is 11.5 Å². The number of rotatable bonds is 3. The zero-order chi connectivity index (χ0) is 14.1. The fourth-order valence-electron chi connectivity index (χ4n) is 2.62. The minimum Gasteiger partial charge on any atom is -0.320 e. The van der Waals surface area contributed by atoms with Gasteiger partial charge in [-0.05, 0) is 47.6 Å². The second-order valence-corrected chi connectivity index (χ2v) is 5.45. The van der Waals surface area contributed by atoms with Crippen molar-refractivity contribution in [2.24, 2.45) is 5.73 Å². The first-order valence-electron chi connectivity index (χ1n) is 6.95. The van der Waals surface area contributed by atoms with E-state index >= 15 is 0 Å². The molecular weight excluding hydrogens is 256 g/mol. The van der Waals surface area contributed by atoms with Crippen LogP contribution in [0, 0.1) is 11.6 Å². The summed E-state index contributed by atoms with van der Waals surface area (Å²) in [5, 5.41) is 0. The van der Waals surface area contributed by atoms with Crippen LogP contribution in [0.1, 0.15) is 47.9 Å². The van der Waals surface area contributed by atoms with E-state index in [0.717, 1.165) is 11.6 Å². The van der Waals surface area contributed by atoms with Crippen LogP contribution in [0.15, 0.2) is 42.5 Å². The van der Waals surface area contributed by atoms with E-state index in [1.807, 2.05) is 12.1 Å². The number of hydrogen-bond acceptors (Lipinski definition) is 1. The van der Waals surface area contributed by atoms with Crippen molar-refractivity contribution >= 4 is 0 Å². The van der Waals surface area contributed by atoms with Crippen LogP contribution < -0.4 is 5.73 Å².